The molecule has 2 aromatic carbocycles. The predicted molar refractivity (Wildman–Crippen MR) is 114 cm³/mol. The lowest BCUT2D eigenvalue weighted by Gasteiger charge is -2.04. The number of imidazole rings is 1. The third kappa shape index (κ3) is 3.81. The number of rotatable bonds is 6. The molecule has 0 radical (unpaired) electrons. The summed E-state index contributed by atoms with van der Waals surface area (Å²) in [4.78, 5) is 19.8. The Hall–Kier alpha value is -4.25. The summed E-state index contributed by atoms with van der Waals surface area (Å²) in [6.45, 7) is 3.65. The number of allylic oxidation sites excluding steroid dienone is 1. The van der Waals surface area contributed by atoms with Crippen LogP contribution in [0.2, 0.25) is 0 Å². The number of aliphatic hydroxyl groups is 1. The number of ether oxygens (including phenoxy) is 2. The lowest BCUT2D eigenvalue weighted by atomic mass is 10.1. The number of para-hydroxylation sites is 2. The van der Waals surface area contributed by atoms with E-state index in [-0.39, 0.29) is 17.2 Å². The normalized spacial score (nSPS) is 11.9. The molecule has 2 heterocycles. The maximum atomic E-state index is 12.6. The third-order valence-corrected chi connectivity index (χ3v) is 4.77. The van der Waals surface area contributed by atoms with Gasteiger partial charge in [-0.2, -0.15) is 5.26 Å². The first-order valence-corrected chi connectivity index (χ1v) is 9.62. The molecule has 0 aliphatic carbocycles. The molecular formula is C23H19N3O5. The van der Waals surface area contributed by atoms with Gasteiger partial charge in [0.05, 0.1) is 17.6 Å². The van der Waals surface area contributed by atoms with Crippen LogP contribution in [0.1, 0.15) is 28.9 Å². The SMILES string of the molecule is CCOc1ccc2oc(C(=O)OC/C(O)=C(\C#N)c3nc4ccccc4[nH]3)c(C)c2c1. The van der Waals surface area contributed by atoms with Crippen LogP contribution in [0.25, 0.3) is 27.6 Å². The molecule has 0 bridgehead atoms. The van der Waals surface area contributed by atoms with Gasteiger partial charge in [0.25, 0.3) is 0 Å². The number of carbonyl (C=O) groups excluding carboxylic acids is 1. The van der Waals surface area contributed by atoms with Crippen LogP contribution in [0.15, 0.2) is 52.6 Å². The minimum Gasteiger partial charge on any atom is -0.507 e. The van der Waals surface area contributed by atoms with Crippen molar-refractivity contribution in [2.45, 2.75) is 13.8 Å². The molecule has 31 heavy (non-hydrogen) atoms. The van der Waals surface area contributed by atoms with Crippen molar-refractivity contribution in [3.63, 3.8) is 0 Å². The highest BCUT2D eigenvalue weighted by atomic mass is 16.6. The Bertz CT molecular complexity index is 1320. The number of esters is 1. The van der Waals surface area contributed by atoms with Crippen LogP contribution in [0.3, 0.4) is 0 Å². The Labute approximate surface area is 177 Å². The number of furan rings is 1. The van der Waals surface area contributed by atoms with Crippen molar-refractivity contribution < 1.29 is 23.8 Å². The van der Waals surface area contributed by atoms with Crippen LogP contribution in [-0.4, -0.2) is 34.3 Å². The molecule has 0 unspecified atom stereocenters. The first-order chi connectivity index (χ1) is 15.0. The second-order valence-electron chi connectivity index (χ2n) is 6.76. The predicted octanol–water partition coefficient (Wildman–Crippen LogP) is 4.67. The number of H-pyrrole nitrogens is 1. The molecule has 0 aliphatic heterocycles. The Balaban J connectivity index is 1.55. The average molecular weight is 417 g/mol. The van der Waals surface area contributed by atoms with Crippen molar-refractivity contribution >= 4 is 33.5 Å². The number of aromatic amines is 1. The lowest BCUT2D eigenvalue weighted by Crippen LogP contribution is -2.09. The van der Waals surface area contributed by atoms with Gasteiger partial charge in [0.1, 0.15) is 23.0 Å². The zero-order chi connectivity index (χ0) is 22.0. The maximum Gasteiger partial charge on any atom is 0.375 e. The highest BCUT2D eigenvalue weighted by molar-refractivity contribution is 5.96. The van der Waals surface area contributed by atoms with E-state index >= 15 is 0 Å². The molecule has 0 saturated carbocycles. The molecule has 0 fully saturated rings. The zero-order valence-corrected chi connectivity index (χ0v) is 16.9. The van der Waals surface area contributed by atoms with Crippen LogP contribution in [-0.2, 0) is 4.74 Å². The minimum atomic E-state index is -0.750. The van der Waals surface area contributed by atoms with Crippen LogP contribution < -0.4 is 4.74 Å². The van der Waals surface area contributed by atoms with Crippen LogP contribution in [0.5, 0.6) is 5.75 Å². The number of carbonyl (C=O) groups is 1. The van der Waals surface area contributed by atoms with Crippen molar-refractivity contribution in [1.82, 2.24) is 9.97 Å². The number of aryl methyl sites for hydroxylation is 1. The van der Waals surface area contributed by atoms with E-state index in [1.807, 2.05) is 25.1 Å². The monoisotopic (exact) mass is 417 g/mol. The van der Waals surface area contributed by atoms with Gasteiger partial charge in [-0.3, -0.25) is 0 Å². The quantitative estimate of drug-likeness (QED) is 0.266. The average Bonchev–Trinajstić information content (AvgIpc) is 3.34. The van der Waals surface area contributed by atoms with Gasteiger partial charge in [0.2, 0.25) is 5.76 Å². The van der Waals surface area contributed by atoms with Gasteiger partial charge in [0, 0.05) is 10.9 Å². The van der Waals surface area contributed by atoms with Crippen LogP contribution in [0, 0.1) is 18.3 Å². The van der Waals surface area contributed by atoms with Crippen molar-refractivity contribution in [3.8, 4) is 11.8 Å². The van der Waals surface area contributed by atoms with Crippen molar-refractivity contribution in [3.05, 3.63) is 65.4 Å². The summed E-state index contributed by atoms with van der Waals surface area (Å²) < 4.78 is 16.3. The van der Waals surface area contributed by atoms with Crippen molar-refractivity contribution in [2.75, 3.05) is 13.2 Å². The third-order valence-electron chi connectivity index (χ3n) is 4.77. The summed E-state index contributed by atoms with van der Waals surface area (Å²) in [5.41, 5.74) is 2.39. The molecule has 0 saturated heterocycles. The minimum absolute atomic E-state index is 0.0266. The number of aromatic nitrogens is 2. The zero-order valence-electron chi connectivity index (χ0n) is 16.9. The summed E-state index contributed by atoms with van der Waals surface area (Å²) in [6, 6.07) is 14.4. The van der Waals surface area contributed by atoms with E-state index in [9.17, 15) is 15.2 Å². The number of benzene rings is 2. The maximum absolute atomic E-state index is 12.6. The number of hydrogen-bond acceptors (Lipinski definition) is 7. The molecule has 0 atom stereocenters. The van der Waals surface area contributed by atoms with E-state index in [0.717, 1.165) is 10.9 Å². The fourth-order valence-corrected chi connectivity index (χ4v) is 3.25. The van der Waals surface area contributed by atoms with Gasteiger partial charge in [0.15, 0.2) is 18.2 Å². The van der Waals surface area contributed by atoms with E-state index in [4.69, 9.17) is 13.9 Å². The second-order valence-corrected chi connectivity index (χ2v) is 6.76. The molecule has 8 heteroatoms. The van der Waals surface area contributed by atoms with Gasteiger partial charge in [-0.25, -0.2) is 9.78 Å². The highest BCUT2D eigenvalue weighted by Crippen LogP contribution is 2.29. The van der Waals surface area contributed by atoms with Crippen molar-refractivity contribution in [1.29, 1.82) is 5.26 Å². The molecular weight excluding hydrogens is 398 g/mol. The number of hydrogen-bond donors (Lipinski definition) is 2. The van der Waals surface area contributed by atoms with Gasteiger partial charge < -0.3 is 24.0 Å². The number of nitriles is 1. The second kappa shape index (κ2) is 8.24. The largest absolute Gasteiger partial charge is 0.507 e. The number of nitrogens with zero attached hydrogens (tertiary/aromatic N) is 2. The fourth-order valence-electron chi connectivity index (χ4n) is 3.25. The number of fused-ring (bicyclic) bond motifs is 2. The Kier molecular flexibility index (Phi) is 5.33. The van der Waals surface area contributed by atoms with E-state index in [1.165, 1.54) is 0 Å². The van der Waals surface area contributed by atoms with E-state index in [2.05, 4.69) is 9.97 Å². The molecule has 2 aromatic heterocycles. The molecule has 0 spiro atoms. The van der Waals surface area contributed by atoms with E-state index < -0.39 is 18.3 Å². The standard InChI is InChI=1S/C23H19N3O5/c1-3-29-14-8-9-20-15(10-14)13(2)21(31-20)23(28)30-12-19(27)16(11-24)22-25-17-6-4-5-7-18(17)26-22/h4-10,27H,3,12H2,1-2H3,(H,25,26)/b19-16-. The van der Waals surface area contributed by atoms with Crippen LogP contribution >= 0.6 is 0 Å². The summed E-state index contributed by atoms with van der Waals surface area (Å²) in [5, 5.41) is 20.6. The Morgan fingerprint density at radius 1 is 1.29 bits per heavy atom. The lowest BCUT2D eigenvalue weighted by molar-refractivity contribution is 0.0468. The van der Waals surface area contributed by atoms with Gasteiger partial charge in [-0.05, 0) is 44.2 Å². The molecule has 2 N–H and O–H groups in total. The number of nitrogens with one attached hydrogen (secondary N) is 1. The Morgan fingerprint density at radius 3 is 2.84 bits per heavy atom. The fraction of sp³-hybridized carbons (Fsp3) is 0.174. The van der Waals surface area contributed by atoms with Gasteiger partial charge >= 0.3 is 5.97 Å². The molecule has 156 valence electrons. The highest BCUT2D eigenvalue weighted by Gasteiger charge is 2.21. The molecule has 4 aromatic rings. The number of aliphatic hydroxyl groups excluding tert-OH is 1. The first kappa shape index (κ1) is 20.0. The summed E-state index contributed by atoms with van der Waals surface area (Å²) >= 11 is 0. The van der Waals surface area contributed by atoms with Gasteiger partial charge in [-0.15, -0.1) is 0 Å². The van der Waals surface area contributed by atoms with E-state index in [1.54, 1.807) is 37.3 Å². The van der Waals surface area contributed by atoms with E-state index in [0.29, 0.717) is 29.0 Å². The summed E-state index contributed by atoms with van der Waals surface area (Å²) in [7, 11) is 0. The molecule has 0 aliphatic rings. The molecule has 0 amide bonds. The topological polar surface area (TPSA) is 121 Å². The summed E-state index contributed by atoms with van der Waals surface area (Å²) in [5.74, 6) is -0.273. The van der Waals surface area contributed by atoms with Gasteiger partial charge in [-0.1, -0.05) is 12.1 Å². The Morgan fingerprint density at radius 2 is 2.10 bits per heavy atom. The summed E-state index contributed by atoms with van der Waals surface area (Å²) in [6.07, 6.45) is 0. The smallest absolute Gasteiger partial charge is 0.375 e. The molecule has 4 rings (SSSR count). The van der Waals surface area contributed by atoms with Crippen molar-refractivity contribution in [2.24, 2.45) is 0 Å². The molecule has 8 nitrogen and oxygen atoms in total. The first-order valence-electron chi connectivity index (χ1n) is 9.62. The van der Waals surface area contributed by atoms with Crippen LogP contribution in [0.4, 0.5) is 0 Å².